The van der Waals surface area contributed by atoms with E-state index in [1.165, 1.54) is 12.7 Å². The van der Waals surface area contributed by atoms with E-state index in [4.69, 9.17) is 29.3 Å². The topological polar surface area (TPSA) is 123 Å². The third-order valence-electron chi connectivity index (χ3n) is 6.99. The summed E-state index contributed by atoms with van der Waals surface area (Å²) in [6.45, 7) is 0.602. The summed E-state index contributed by atoms with van der Waals surface area (Å²) < 4.78 is 22.9. The first-order valence-electron chi connectivity index (χ1n) is 12.4. The van der Waals surface area contributed by atoms with Crippen LogP contribution in [0.5, 0.6) is 17.2 Å². The second-order valence-electron chi connectivity index (χ2n) is 9.40. The monoisotopic (exact) mass is 505 g/mol. The molecule has 0 radical (unpaired) electrons. The highest BCUT2D eigenvalue weighted by atomic mass is 17.1. The first-order chi connectivity index (χ1) is 18.1. The van der Waals surface area contributed by atoms with Crippen LogP contribution in [0.1, 0.15) is 43.0 Å². The highest BCUT2D eigenvalue weighted by Crippen LogP contribution is 2.39. The number of furan rings is 1. The van der Waals surface area contributed by atoms with E-state index in [1.54, 1.807) is 25.4 Å². The Bertz CT molecular complexity index is 1360. The molecule has 0 spiro atoms. The van der Waals surface area contributed by atoms with E-state index in [0.29, 0.717) is 52.8 Å². The molecule has 194 valence electrons. The van der Waals surface area contributed by atoms with Crippen molar-refractivity contribution in [3.05, 3.63) is 60.0 Å². The molecule has 9 heteroatoms. The molecule has 0 aliphatic heterocycles. The van der Waals surface area contributed by atoms with Crippen LogP contribution in [-0.2, 0) is 11.2 Å². The lowest BCUT2D eigenvalue weighted by Crippen LogP contribution is -2.20. The van der Waals surface area contributed by atoms with Crippen LogP contribution >= 0.6 is 0 Å². The van der Waals surface area contributed by atoms with Crippen molar-refractivity contribution in [2.75, 3.05) is 20.8 Å². The molecule has 3 N–H and O–H groups in total. The predicted octanol–water partition coefficient (Wildman–Crippen LogP) is 6.20. The Kier molecular flexibility index (Phi) is 7.32. The van der Waals surface area contributed by atoms with E-state index >= 15 is 0 Å². The maximum absolute atomic E-state index is 8.83. The molecule has 1 fully saturated rings. The van der Waals surface area contributed by atoms with Crippen molar-refractivity contribution >= 4 is 16.9 Å². The third-order valence-corrected chi connectivity index (χ3v) is 6.99. The number of benzene rings is 2. The molecule has 2 heterocycles. The number of fused-ring (bicyclic) bond motifs is 1. The Balaban J connectivity index is 1.32. The molecule has 0 saturated heterocycles. The fourth-order valence-corrected chi connectivity index (χ4v) is 5.01. The van der Waals surface area contributed by atoms with Crippen molar-refractivity contribution in [2.45, 2.75) is 38.0 Å². The molecule has 1 aliphatic carbocycles. The number of nitrogens with zero attached hydrogens (tertiary/aromatic N) is 1. The van der Waals surface area contributed by atoms with Crippen molar-refractivity contribution in [3.8, 4) is 28.7 Å². The van der Waals surface area contributed by atoms with Crippen molar-refractivity contribution in [3.63, 3.8) is 0 Å². The average Bonchev–Trinajstić information content (AvgIpc) is 3.59. The van der Waals surface area contributed by atoms with Crippen LogP contribution in [-0.4, -0.2) is 41.9 Å². The van der Waals surface area contributed by atoms with Crippen LogP contribution in [0.4, 0.5) is 0 Å². The van der Waals surface area contributed by atoms with E-state index in [9.17, 15) is 0 Å². The number of imidazole rings is 1. The van der Waals surface area contributed by atoms with Gasteiger partial charge in [0, 0.05) is 12.1 Å². The molecule has 2 unspecified atom stereocenters. The Morgan fingerprint density at radius 3 is 2.73 bits per heavy atom. The normalized spacial score (nSPS) is 17.5. The number of methoxy groups -OCH3 is 2. The summed E-state index contributed by atoms with van der Waals surface area (Å²) >= 11 is 0. The maximum Gasteiger partial charge on any atom is 0.187 e. The van der Waals surface area contributed by atoms with E-state index in [0.717, 1.165) is 36.8 Å². The molecule has 9 nitrogen and oxygen atoms in total. The van der Waals surface area contributed by atoms with Gasteiger partial charge in [0.15, 0.2) is 17.4 Å². The molecule has 5 rings (SSSR count). The number of nitrogens with one attached hydrogen (secondary N) is 2. The first kappa shape index (κ1) is 24.7. The molecule has 2 atom stereocenters. The summed E-state index contributed by atoms with van der Waals surface area (Å²) in [5, 5.41) is 17.4. The minimum atomic E-state index is 0.132. The summed E-state index contributed by atoms with van der Waals surface area (Å²) in [7, 11) is 3.10. The smallest absolute Gasteiger partial charge is 0.187 e. The molecule has 0 amide bonds. The van der Waals surface area contributed by atoms with Crippen molar-refractivity contribution in [2.24, 2.45) is 5.92 Å². The Labute approximate surface area is 214 Å². The lowest BCUT2D eigenvalue weighted by molar-refractivity contribution is -0.137. The van der Waals surface area contributed by atoms with Crippen LogP contribution in [0.25, 0.3) is 22.4 Å². The number of rotatable bonds is 9. The Morgan fingerprint density at radius 2 is 1.97 bits per heavy atom. The van der Waals surface area contributed by atoms with Crippen LogP contribution in [0.2, 0.25) is 0 Å². The van der Waals surface area contributed by atoms with E-state index in [-0.39, 0.29) is 12.3 Å². The molecule has 0 bridgehead atoms. The van der Waals surface area contributed by atoms with Gasteiger partial charge in [-0.05, 0) is 54.9 Å². The quantitative estimate of drug-likeness (QED) is 0.107. The molecule has 1 saturated carbocycles. The van der Waals surface area contributed by atoms with Gasteiger partial charge < -0.3 is 28.5 Å². The average molecular weight is 506 g/mol. The number of hydrogen-bond acceptors (Lipinski definition) is 8. The number of ether oxygens (including phenoxy) is 3. The highest BCUT2D eigenvalue weighted by molar-refractivity contribution is 5.89. The van der Waals surface area contributed by atoms with E-state index in [2.05, 4.69) is 14.9 Å². The van der Waals surface area contributed by atoms with Gasteiger partial charge in [-0.15, -0.1) is 0 Å². The summed E-state index contributed by atoms with van der Waals surface area (Å²) in [5.41, 5.74) is 2.64. The van der Waals surface area contributed by atoms with Gasteiger partial charge in [0.05, 0.1) is 38.8 Å². The fraction of sp³-hybridized carbons (Fsp3) is 0.357. The predicted molar refractivity (Wildman–Crippen MR) is 139 cm³/mol. The van der Waals surface area contributed by atoms with Gasteiger partial charge in [-0.1, -0.05) is 18.6 Å². The largest absolute Gasteiger partial charge is 0.496 e. The van der Waals surface area contributed by atoms with Crippen LogP contribution in [0.15, 0.2) is 53.1 Å². The minimum Gasteiger partial charge on any atom is -0.496 e. The first-order valence-corrected chi connectivity index (χ1v) is 12.4. The molecular formula is C28H31N3O6. The van der Waals surface area contributed by atoms with Gasteiger partial charge in [0.2, 0.25) is 0 Å². The third kappa shape index (κ3) is 5.56. The number of H-pyrrole nitrogens is 1. The number of aromatic amines is 1. The highest BCUT2D eigenvalue weighted by Gasteiger charge is 2.24. The second kappa shape index (κ2) is 11.0. The maximum atomic E-state index is 8.83. The molecule has 4 aromatic rings. The van der Waals surface area contributed by atoms with Crippen LogP contribution in [0.3, 0.4) is 0 Å². The molecule has 2 aromatic carbocycles. The molecule has 37 heavy (non-hydrogen) atoms. The van der Waals surface area contributed by atoms with Crippen molar-refractivity contribution in [1.82, 2.24) is 9.97 Å². The Hall–Kier alpha value is -3.98. The van der Waals surface area contributed by atoms with Gasteiger partial charge in [0.25, 0.3) is 0 Å². The molecule has 1 aliphatic rings. The minimum absolute atomic E-state index is 0.132. The summed E-state index contributed by atoms with van der Waals surface area (Å²) in [6.07, 6.45) is 6.40. The zero-order valence-corrected chi connectivity index (χ0v) is 21.0. The number of aromatic nitrogens is 2. The standard InChI is InChI=1S/C28H31N3O6/c1-33-21-11-24(35-16-17-4-3-5-19(10-17)18-6-8-20(37-32)9-7-18)22-13-26(36-25(22)12-21)23-15-30-28(31-23)14-27(29)34-2/h6-9,11-13,15,17,19,29,32H,3-5,10,14,16H2,1-2H3,(H,30,31). The van der Waals surface area contributed by atoms with Gasteiger partial charge in [-0.25, -0.2) is 10.2 Å². The van der Waals surface area contributed by atoms with Gasteiger partial charge >= 0.3 is 0 Å². The number of hydrogen-bond donors (Lipinski definition) is 3. The van der Waals surface area contributed by atoms with Crippen LogP contribution < -0.4 is 14.4 Å². The van der Waals surface area contributed by atoms with E-state index < -0.39 is 0 Å². The summed E-state index contributed by atoms with van der Waals surface area (Å²) in [5.74, 6) is 4.09. The zero-order chi connectivity index (χ0) is 25.8. The van der Waals surface area contributed by atoms with Gasteiger partial charge in [-0.2, -0.15) is 0 Å². The molecule has 2 aromatic heterocycles. The van der Waals surface area contributed by atoms with Crippen molar-refractivity contribution < 1.29 is 28.8 Å². The lowest BCUT2D eigenvalue weighted by Gasteiger charge is -2.29. The molecular weight excluding hydrogens is 474 g/mol. The van der Waals surface area contributed by atoms with E-state index in [1.807, 2.05) is 30.3 Å². The summed E-state index contributed by atoms with van der Waals surface area (Å²) in [4.78, 5) is 11.8. The van der Waals surface area contributed by atoms with Crippen molar-refractivity contribution in [1.29, 1.82) is 5.41 Å². The van der Waals surface area contributed by atoms with Crippen LogP contribution in [0, 0.1) is 11.3 Å². The Morgan fingerprint density at radius 1 is 1.14 bits per heavy atom. The fourth-order valence-electron chi connectivity index (χ4n) is 5.01. The summed E-state index contributed by atoms with van der Waals surface area (Å²) in [6, 6.07) is 13.3. The second-order valence-corrected chi connectivity index (χ2v) is 9.40. The SMILES string of the molecule is COC(=N)Cc1ncc(-c2cc3c(OCC4CCCC(c5ccc(OO)cc5)C4)cc(OC)cc3o2)[nH]1. The lowest BCUT2D eigenvalue weighted by atomic mass is 9.78. The zero-order valence-electron chi connectivity index (χ0n) is 21.0. The van der Waals surface area contributed by atoms with Gasteiger partial charge in [0.1, 0.15) is 28.6 Å². The van der Waals surface area contributed by atoms with Gasteiger partial charge in [-0.3, -0.25) is 5.41 Å².